The zero-order valence-corrected chi connectivity index (χ0v) is 21.7. The molecule has 12 heteroatoms. The first kappa shape index (κ1) is 26.4. The minimum absolute atomic E-state index is 0.0705. The molecule has 1 aliphatic carbocycles. The fraction of sp³-hybridized carbons (Fsp3) is 0.444. The van der Waals surface area contributed by atoms with Crippen molar-refractivity contribution in [2.45, 2.75) is 44.5 Å². The standard InChI is InChI=1S/C27H30FN7O4/c1-27(2,38)24(28)14-31-25(36)20-13-30-22(23-4-3-19-9-17(11-29)12-32-35(19)23)10-21(20)33-18-7-16(8-18)15-34-5-6-39-26(34)37/h3-4,9-10,12-13,16,18,24,38H,5-8,14-15H2,1-2H3,(H,30,33)(H,31,36)/t16?,18?,24-/m1/s1. The van der Waals surface area contributed by atoms with Crippen LogP contribution in [0.5, 0.6) is 0 Å². The van der Waals surface area contributed by atoms with E-state index in [9.17, 15) is 19.1 Å². The van der Waals surface area contributed by atoms with Crippen molar-refractivity contribution < 1.29 is 23.8 Å². The van der Waals surface area contributed by atoms with Gasteiger partial charge >= 0.3 is 6.09 Å². The van der Waals surface area contributed by atoms with E-state index in [4.69, 9.17) is 10.00 Å². The Bertz CT molecular complexity index is 1440. The molecule has 1 atom stereocenters. The topological polar surface area (TPSA) is 145 Å². The molecule has 39 heavy (non-hydrogen) atoms. The molecule has 2 amide bonds. The molecule has 0 spiro atoms. The van der Waals surface area contributed by atoms with Gasteiger partial charge in [-0.2, -0.15) is 10.4 Å². The van der Waals surface area contributed by atoms with E-state index < -0.39 is 17.7 Å². The number of anilines is 1. The average molecular weight is 536 g/mol. The molecule has 2 fully saturated rings. The highest BCUT2D eigenvalue weighted by molar-refractivity contribution is 6.00. The summed E-state index contributed by atoms with van der Waals surface area (Å²) in [6, 6.07) is 9.28. The molecular weight excluding hydrogens is 505 g/mol. The largest absolute Gasteiger partial charge is 0.448 e. The van der Waals surface area contributed by atoms with E-state index in [0.717, 1.165) is 18.4 Å². The molecule has 0 unspecified atom stereocenters. The minimum atomic E-state index is -1.65. The normalized spacial score (nSPS) is 19.8. The molecule has 3 N–H and O–H groups in total. The lowest BCUT2D eigenvalue weighted by Crippen LogP contribution is -2.43. The second-order valence-corrected chi connectivity index (χ2v) is 10.6. The summed E-state index contributed by atoms with van der Waals surface area (Å²) in [4.78, 5) is 31.0. The summed E-state index contributed by atoms with van der Waals surface area (Å²) in [6.07, 6.45) is 2.59. The predicted octanol–water partition coefficient (Wildman–Crippen LogP) is 2.75. The van der Waals surface area contributed by atoms with Crippen molar-refractivity contribution in [2.24, 2.45) is 5.92 Å². The van der Waals surface area contributed by atoms with Crippen LogP contribution in [0.2, 0.25) is 0 Å². The summed E-state index contributed by atoms with van der Waals surface area (Å²) in [5, 5.41) is 29.4. The summed E-state index contributed by atoms with van der Waals surface area (Å²) >= 11 is 0. The summed E-state index contributed by atoms with van der Waals surface area (Å²) in [7, 11) is 0. The third-order valence-corrected chi connectivity index (χ3v) is 7.17. The highest BCUT2D eigenvalue weighted by atomic mass is 19.1. The third-order valence-electron chi connectivity index (χ3n) is 7.17. The van der Waals surface area contributed by atoms with Crippen LogP contribution < -0.4 is 10.6 Å². The Morgan fingerprint density at radius 2 is 2.13 bits per heavy atom. The number of cyclic esters (lactones) is 1. The SMILES string of the molecule is CC(C)(O)[C@H](F)CNC(=O)c1cnc(-c2ccc3cc(C#N)cnn23)cc1NC1CC(CN2CCOC2=O)C1. The van der Waals surface area contributed by atoms with Crippen LogP contribution >= 0.6 is 0 Å². The van der Waals surface area contributed by atoms with E-state index in [-0.39, 0.29) is 24.2 Å². The van der Waals surface area contributed by atoms with Gasteiger partial charge in [-0.3, -0.25) is 9.78 Å². The number of aliphatic hydroxyl groups is 1. The number of carbonyl (C=O) groups excluding carboxylic acids is 2. The summed E-state index contributed by atoms with van der Waals surface area (Å²) in [6.45, 7) is 3.98. The molecule has 3 aromatic heterocycles. The molecule has 1 aliphatic heterocycles. The third kappa shape index (κ3) is 5.63. The number of nitrogens with one attached hydrogen (secondary N) is 2. The second kappa shape index (κ2) is 10.5. The van der Waals surface area contributed by atoms with Gasteiger partial charge < -0.3 is 25.4 Å². The maximum Gasteiger partial charge on any atom is 0.409 e. The predicted molar refractivity (Wildman–Crippen MR) is 140 cm³/mol. The van der Waals surface area contributed by atoms with Crippen LogP contribution in [0.3, 0.4) is 0 Å². The number of halogens is 1. The van der Waals surface area contributed by atoms with Gasteiger partial charge in [-0.05, 0) is 56.9 Å². The Kier molecular flexibility index (Phi) is 7.10. The van der Waals surface area contributed by atoms with Crippen LogP contribution in [0.1, 0.15) is 42.6 Å². The van der Waals surface area contributed by atoms with E-state index in [1.54, 1.807) is 21.5 Å². The smallest absolute Gasteiger partial charge is 0.409 e. The molecular formula is C27H30FN7O4. The Morgan fingerprint density at radius 3 is 2.82 bits per heavy atom. The van der Waals surface area contributed by atoms with Gasteiger partial charge in [-0.1, -0.05) is 0 Å². The summed E-state index contributed by atoms with van der Waals surface area (Å²) < 4.78 is 21.0. The van der Waals surface area contributed by atoms with Crippen LogP contribution in [0.4, 0.5) is 14.9 Å². The van der Waals surface area contributed by atoms with Crippen molar-refractivity contribution in [2.75, 3.05) is 31.6 Å². The first-order valence-electron chi connectivity index (χ1n) is 12.8. The molecule has 5 rings (SSSR count). The number of pyridine rings is 1. The lowest BCUT2D eigenvalue weighted by atomic mass is 9.79. The Hall–Kier alpha value is -4.24. The van der Waals surface area contributed by atoms with Gasteiger partial charge in [0.25, 0.3) is 5.91 Å². The van der Waals surface area contributed by atoms with Crippen LogP contribution in [-0.4, -0.2) is 80.7 Å². The minimum Gasteiger partial charge on any atom is -0.448 e. The fourth-order valence-corrected chi connectivity index (χ4v) is 4.80. The van der Waals surface area contributed by atoms with Gasteiger partial charge in [0.05, 0.1) is 58.6 Å². The number of hydrogen-bond donors (Lipinski definition) is 3. The molecule has 0 aromatic carbocycles. The van der Waals surface area contributed by atoms with Crippen molar-refractivity contribution in [1.29, 1.82) is 5.26 Å². The molecule has 2 aliphatic rings. The monoisotopic (exact) mass is 535 g/mol. The van der Waals surface area contributed by atoms with E-state index in [1.807, 2.05) is 12.1 Å². The average Bonchev–Trinajstić information content (AvgIpc) is 3.50. The number of amides is 2. The van der Waals surface area contributed by atoms with E-state index in [2.05, 4.69) is 26.8 Å². The number of fused-ring (bicyclic) bond motifs is 1. The maximum atomic E-state index is 14.3. The first-order chi connectivity index (χ1) is 18.6. The van der Waals surface area contributed by atoms with Crippen LogP contribution in [0.15, 0.2) is 36.7 Å². The van der Waals surface area contributed by atoms with E-state index in [0.29, 0.717) is 48.3 Å². The number of ether oxygens (including phenoxy) is 1. The van der Waals surface area contributed by atoms with E-state index in [1.165, 1.54) is 26.2 Å². The molecule has 0 bridgehead atoms. The van der Waals surface area contributed by atoms with Crippen LogP contribution in [0, 0.1) is 17.2 Å². The van der Waals surface area contributed by atoms with Gasteiger partial charge in [0, 0.05) is 18.8 Å². The van der Waals surface area contributed by atoms with Gasteiger partial charge in [-0.15, -0.1) is 0 Å². The molecule has 204 valence electrons. The van der Waals surface area contributed by atoms with Gasteiger partial charge in [-0.25, -0.2) is 13.7 Å². The Labute approximate surface area is 224 Å². The Morgan fingerprint density at radius 1 is 1.33 bits per heavy atom. The summed E-state index contributed by atoms with van der Waals surface area (Å²) in [5.74, 6) is -0.199. The highest BCUT2D eigenvalue weighted by Crippen LogP contribution is 2.34. The van der Waals surface area contributed by atoms with Gasteiger partial charge in [0.2, 0.25) is 0 Å². The molecule has 1 saturated heterocycles. The first-order valence-corrected chi connectivity index (χ1v) is 12.8. The quantitative estimate of drug-likeness (QED) is 0.379. The van der Waals surface area contributed by atoms with Crippen molar-refractivity contribution in [1.82, 2.24) is 24.8 Å². The van der Waals surface area contributed by atoms with Crippen molar-refractivity contribution in [3.8, 4) is 17.5 Å². The number of carbonyl (C=O) groups is 2. The number of hydrogen-bond acceptors (Lipinski definition) is 8. The molecule has 3 aromatic rings. The Balaban J connectivity index is 1.37. The van der Waals surface area contributed by atoms with Gasteiger partial charge in [0.15, 0.2) is 0 Å². The van der Waals surface area contributed by atoms with E-state index >= 15 is 0 Å². The van der Waals surface area contributed by atoms with Crippen molar-refractivity contribution in [3.63, 3.8) is 0 Å². The lowest BCUT2D eigenvalue weighted by Gasteiger charge is -2.38. The number of nitriles is 1. The molecule has 1 saturated carbocycles. The molecule has 4 heterocycles. The van der Waals surface area contributed by atoms with Crippen LogP contribution in [-0.2, 0) is 4.74 Å². The zero-order chi connectivity index (χ0) is 27.7. The zero-order valence-electron chi connectivity index (χ0n) is 21.7. The second-order valence-electron chi connectivity index (χ2n) is 10.6. The van der Waals surface area contributed by atoms with Crippen molar-refractivity contribution >= 4 is 23.2 Å². The fourth-order valence-electron chi connectivity index (χ4n) is 4.80. The summed E-state index contributed by atoms with van der Waals surface area (Å²) in [5.41, 5.74) is 1.58. The maximum absolute atomic E-state index is 14.3. The number of nitrogens with zero attached hydrogens (tertiary/aromatic N) is 5. The molecule has 0 radical (unpaired) electrons. The molecule has 11 nitrogen and oxygen atoms in total. The highest BCUT2D eigenvalue weighted by Gasteiger charge is 2.34. The lowest BCUT2D eigenvalue weighted by molar-refractivity contribution is -0.00177. The van der Waals surface area contributed by atoms with Gasteiger partial charge in [0.1, 0.15) is 18.8 Å². The number of aromatic nitrogens is 3. The van der Waals surface area contributed by atoms with Crippen molar-refractivity contribution in [3.05, 3.63) is 47.8 Å². The number of alkyl halides is 1. The van der Waals surface area contributed by atoms with Crippen LogP contribution in [0.25, 0.3) is 16.9 Å². The number of rotatable bonds is 9.